The van der Waals surface area contributed by atoms with Crippen LogP contribution >= 0.6 is 23.2 Å². The largest absolute Gasteiger partial charge is 0.376 e. The fourth-order valence-corrected chi connectivity index (χ4v) is 5.76. The Balaban J connectivity index is 1.83. The van der Waals surface area contributed by atoms with Crippen molar-refractivity contribution < 1.29 is 26.2 Å². The van der Waals surface area contributed by atoms with Gasteiger partial charge in [0.05, 0.1) is 22.2 Å². The Hall–Kier alpha value is -2.73. The number of rotatable bonds is 8. The zero-order valence-electron chi connectivity index (χ0n) is 20.7. The summed E-state index contributed by atoms with van der Waals surface area (Å²) in [6.45, 7) is 4.58. The predicted molar refractivity (Wildman–Crippen MR) is 141 cm³/mol. The third kappa shape index (κ3) is 6.12. The van der Waals surface area contributed by atoms with E-state index in [-0.39, 0.29) is 28.4 Å². The monoisotopic (exact) mass is 586 g/mol. The van der Waals surface area contributed by atoms with E-state index in [2.05, 4.69) is 10.5 Å². The number of benzene rings is 2. The molecule has 1 fully saturated rings. The van der Waals surface area contributed by atoms with Crippen LogP contribution in [0.2, 0.25) is 10.0 Å². The van der Waals surface area contributed by atoms with E-state index < -0.39 is 39.2 Å². The second-order valence-electron chi connectivity index (χ2n) is 8.93. The van der Waals surface area contributed by atoms with Crippen LogP contribution < -0.4 is 9.61 Å². The lowest BCUT2D eigenvalue weighted by molar-refractivity contribution is 0.0743. The summed E-state index contributed by atoms with van der Waals surface area (Å²) >= 11 is 12.5. The Morgan fingerprint density at radius 2 is 1.76 bits per heavy atom. The molecule has 8 nitrogen and oxygen atoms in total. The van der Waals surface area contributed by atoms with Crippen LogP contribution in [0.4, 0.5) is 8.78 Å². The minimum absolute atomic E-state index is 0.00622. The average molecular weight is 587 g/mol. The predicted octanol–water partition coefficient (Wildman–Crippen LogP) is 5.68. The molecule has 204 valence electrons. The summed E-state index contributed by atoms with van der Waals surface area (Å²) in [6.07, 6.45) is 3.18. The second-order valence-corrected chi connectivity index (χ2v) is 11.5. The molecule has 38 heavy (non-hydrogen) atoms. The van der Waals surface area contributed by atoms with E-state index in [0.29, 0.717) is 29.4 Å². The lowest BCUT2D eigenvalue weighted by Gasteiger charge is -2.26. The third-order valence-corrected chi connectivity index (χ3v) is 7.89. The maximum Gasteiger partial charge on any atom is 0.309 e. The van der Waals surface area contributed by atoms with Gasteiger partial charge >= 0.3 is 10.1 Å². The molecule has 0 atom stereocenters. The highest BCUT2D eigenvalue weighted by Crippen LogP contribution is 2.36. The molecule has 4 rings (SSSR count). The number of piperidine rings is 1. The molecule has 0 spiro atoms. The molecule has 13 heteroatoms. The fourth-order valence-electron chi connectivity index (χ4n) is 4.27. The second kappa shape index (κ2) is 11.6. The zero-order chi connectivity index (χ0) is 27.6. The van der Waals surface area contributed by atoms with Crippen LogP contribution in [0.15, 0.2) is 30.3 Å². The maximum atomic E-state index is 15.1. The minimum Gasteiger partial charge on any atom is -0.376 e. The maximum absolute atomic E-state index is 15.1. The standard InChI is InChI=1S/C25H26Cl2F2N4O4S/c1-3-11-38(35,36)37-24-19(28)12-16(13-20(24)29)23-15(2)22(25(34)31-32-9-5-4-6-10-32)30-33(23)21-8-7-17(26)14-18(21)27/h7-8,12-14H,3-6,9-11H2,1-2H3,(H,31,34). The molecule has 1 amide bonds. The van der Waals surface area contributed by atoms with Gasteiger partial charge in [0.2, 0.25) is 5.75 Å². The van der Waals surface area contributed by atoms with Crippen molar-refractivity contribution in [3.8, 4) is 22.7 Å². The van der Waals surface area contributed by atoms with Gasteiger partial charge in [0.1, 0.15) is 0 Å². The highest BCUT2D eigenvalue weighted by molar-refractivity contribution is 7.87. The number of amides is 1. The molecule has 0 unspecified atom stereocenters. The topological polar surface area (TPSA) is 93.5 Å². The van der Waals surface area contributed by atoms with Gasteiger partial charge in [-0.1, -0.05) is 36.5 Å². The SMILES string of the molecule is CCCS(=O)(=O)Oc1c(F)cc(-c2c(C)c(C(=O)NN3CCCCC3)nn2-c2ccc(Cl)cc2Cl)cc1F. The van der Waals surface area contributed by atoms with Crippen LogP contribution in [0, 0.1) is 18.6 Å². The summed E-state index contributed by atoms with van der Waals surface area (Å²) in [7, 11) is -4.18. The molecule has 1 aliphatic rings. The molecule has 1 aromatic heterocycles. The Morgan fingerprint density at radius 3 is 2.37 bits per heavy atom. The van der Waals surface area contributed by atoms with Crippen molar-refractivity contribution in [1.29, 1.82) is 0 Å². The van der Waals surface area contributed by atoms with Gasteiger partial charge in [-0.15, -0.1) is 0 Å². The first-order valence-electron chi connectivity index (χ1n) is 12.0. The molecule has 2 aromatic carbocycles. The van der Waals surface area contributed by atoms with Gasteiger partial charge in [-0.3, -0.25) is 10.2 Å². The highest BCUT2D eigenvalue weighted by atomic mass is 35.5. The van der Waals surface area contributed by atoms with Crippen LogP contribution in [-0.2, 0) is 10.1 Å². The molecule has 1 aliphatic heterocycles. The van der Waals surface area contributed by atoms with E-state index in [1.807, 2.05) is 0 Å². The van der Waals surface area contributed by atoms with E-state index in [4.69, 9.17) is 27.4 Å². The third-order valence-electron chi connectivity index (χ3n) is 6.03. The number of hydrazine groups is 1. The fraction of sp³-hybridized carbons (Fsp3) is 0.360. The van der Waals surface area contributed by atoms with Crippen LogP contribution in [-0.4, -0.2) is 48.0 Å². The van der Waals surface area contributed by atoms with E-state index in [1.54, 1.807) is 31.0 Å². The molecule has 2 heterocycles. The van der Waals surface area contributed by atoms with Crippen LogP contribution in [0.1, 0.15) is 48.7 Å². The summed E-state index contributed by atoms with van der Waals surface area (Å²) < 4.78 is 60.1. The van der Waals surface area contributed by atoms with Crippen molar-refractivity contribution in [2.24, 2.45) is 0 Å². The number of carbonyl (C=O) groups excluding carboxylic acids is 1. The molecule has 0 saturated carbocycles. The average Bonchev–Trinajstić information content (AvgIpc) is 3.18. The van der Waals surface area contributed by atoms with Crippen LogP contribution in [0.5, 0.6) is 5.75 Å². The number of nitrogens with zero attached hydrogens (tertiary/aromatic N) is 3. The van der Waals surface area contributed by atoms with Crippen LogP contribution in [0.25, 0.3) is 16.9 Å². The van der Waals surface area contributed by atoms with Crippen molar-refractivity contribution in [3.63, 3.8) is 0 Å². The van der Waals surface area contributed by atoms with Crippen molar-refractivity contribution in [3.05, 3.63) is 63.3 Å². The zero-order valence-corrected chi connectivity index (χ0v) is 23.1. The van der Waals surface area contributed by atoms with Gasteiger partial charge in [-0.05, 0) is 56.5 Å². The summed E-state index contributed by atoms with van der Waals surface area (Å²) in [4.78, 5) is 13.2. The number of nitrogens with one attached hydrogen (secondary N) is 1. The molecule has 0 bridgehead atoms. The normalized spacial score (nSPS) is 14.5. The Kier molecular flexibility index (Phi) is 8.61. The first-order valence-corrected chi connectivity index (χ1v) is 14.4. The number of carbonyl (C=O) groups is 1. The smallest absolute Gasteiger partial charge is 0.309 e. The quantitative estimate of drug-likeness (QED) is 0.341. The van der Waals surface area contributed by atoms with Crippen molar-refractivity contribution in [2.75, 3.05) is 18.8 Å². The Bertz CT molecular complexity index is 1450. The number of hydrogen-bond donors (Lipinski definition) is 1. The van der Waals surface area contributed by atoms with Gasteiger partial charge in [0.25, 0.3) is 5.91 Å². The van der Waals surface area contributed by atoms with Gasteiger partial charge in [-0.2, -0.15) is 13.5 Å². The van der Waals surface area contributed by atoms with Gasteiger partial charge in [-0.25, -0.2) is 18.5 Å². The van der Waals surface area contributed by atoms with Gasteiger partial charge in [0.15, 0.2) is 17.3 Å². The van der Waals surface area contributed by atoms with E-state index in [1.165, 1.54) is 10.7 Å². The van der Waals surface area contributed by atoms with Crippen molar-refractivity contribution >= 4 is 39.2 Å². The van der Waals surface area contributed by atoms with Crippen molar-refractivity contribution in [2.45, 2.75) is 39.5 Å². The molecule has 1 saturated heterocycles. The molecule has 0 aliphatic carbocycles. The number of halogens is 4. The van der Waals surface area contributed by atoms with Gasteiger partial charge in [0, 0.05) is 29.2 Å². The first-order chi connectivity index (χ1) is 18.0. The van der Waals surface area contributed by atoms with Gasteiger partial charge < -0.3 is 4.18 Å². The molecular formula is C25H26Cl2F2N4O4S. The molecule has 1 N–H and O–H groups in total. The van der Waals surface area contributed by atoms with E-state index in [9.17, 15) is 13.2 Å². The Labute approximate surface area is 229 Å². The Morgan fingerprint density at radius 1 is 1.11 bits per heavy atom. The summed E-state index contributed by atoms with van der Waals surface area (Å²) in [6, 6.07) is 6.46. The minimum atomic E-state index is -4.18. The molecular weight excluding hydrogens is 561 g/mol. The number of aromatic nitrogens is 2. The summed E-state index contributed by atoms with van der Waals surface area (Å²) in [5.41, 5.74) is 3.69. The molecule has 3 aromatic rings. The van der Waals surface area contributed by atoms with Crippen molar-refractivity contribution in [1.82, 2.24) is 20.2 Å². The first kappa shape index (κ1) is 28.3. The summed E-state index contributed by atoms with van der Waals surface area (Å²) in [5.74, 6) is -4.37. The van der Waals surface area contributed by atoms with Crippen LogP contribution in [0.3, 0.4) is 0 Å². The lowest BCUT2D eigenvalue weighted by atomic mass is 10.1. The van der Waals surface area contributed by atoms with E-state index in [0.717, 1.165) is 31.4 Å². The molecule has 0 radical (unpaired) electrons. The number of hydrogen-bond acceptors (Lipinski definition) is 6. The highest BCUT2D eigenvalue weighted by Gasteiger charge is 2.27. The van der Waals surface area contributed by atoms with E-state index >= 15 is 8.78 Å². The lowest BCUT2D eigenvalue weighted by Crippen LogP contribution is -2.45. The summed E-state index contributed by atoms with van der Waals surface area (Å²) in [5, 5.41) is 6.81.